The molecule has 29 heavy (non-hydrogen) atoms. The van der Waals surface area contributed by atoms with E-state index in [2.05, 4.69) is 17.0 Å². The first-order valence-corrected chi connectivity index (χ1v) is 10.3. The van der Waals surface area contributed by atoms with E-state index in [1.165, 1.54) is 5.69 Å². The predicted molar refractivity (Wildman–Crippen MR) is 112 cm³/mol. The Hall–Kier alpha value is -3.02. The van der Waals surface area contributed by atoms with Gasteiger partial charge < -0.3 is 19.4 Å². The predicted octanol–water partition coefficient (Wildman–Crippen LogP) is 2.43. The number of anilines is 1. The highest BCUT2D eigenvalue weighted by molar-refractivity contribution is 5.97. The third kappa shape index (κ3) is 4.06. The van der Waals surface area contributed by atoms with Crippen molar-refractivity contribution in [2.75, 3.05) is 50.8 Å². The van der Waals surface area contributed by atoms with Gasteiger partial charge in [-0.15, -0.1) is 0 Å². The number of nitrogens with zero attached hydrogens (tertiary/aromatic N) is 3. The maximum Gasteiger partial charge on any atom is 0.260 e. The van der Waals surface area contributed by atoms with Gasteiger partial charge in [0.15, 0.2) is 6.61 Å². The van der Waals surface area contributed by atoms with Crippen molar-refractivity contribution in [3.63, 3.8) is 0 Å². The molecule has 2 amide bonds. The zero-order valence-electron chi connectivity index (χ0n) is 16.8. The van der Waals surface area contributed by atoms with Crippen LogP contribution in [0.4, 0.5) is 5.69 Å². The van der Waals surface area contributed by atoms with Crippen LogP contribution in [0.2, 0.25) is 0 Å². The summed E-state index contributed by atoms with van der Waals surface area (Å²) in [5.74, 6) is 0.693. The lowest BCUT2D eigenvalue weighted by Crippen LogP contribution is -2.50. The van der Waals surface area contributed by atoms with E-state index in [1.807, 2.05) is 53.1 Å². The minimum Gasteiger partial charge on any atom is -0.483 e. The lowest BCUT2D eigenvalue weighted by molar-refractivity contribution is -0.133. The number of para-hydroxylation sites is 1. The highest BCUT2D eigenvalue weighted by Gasteiger charge is 2.26. The standard InChI is InChI=1S/C23H27N3O3/c1-2-24-12-11-19-20(23(24)28)9-6-10-21(19)29-17-22(27)26-15-13-25(14-16-26)18-7-4-3-5-8-18/h3-10H,2,11-17H2,1H3. The number of rotatable bonds is 5. The Labute approximate surface area is 171 Å². The Kier molecular flexibility index (Phi) is 5.69. The van der Waals surface area contributed by atoms with Gasteiger partial charge >= 0.3 is 0 Å². The summed E-state index contributed by atoms with van der Waals surface area (Å²) >= 11 is 0. The van der Waals surface area contributed by atoms with Crippen molar-refractivity contribution in [2.24, 2.45) is 0 Å². The van der Waals surface area contributed by atoms with Gasteiger partial charge in [0.05, 0.1) is 0 Å². The van der Waals surface area contributed by atoms with Crippen molar-refractivity contribution in [1.29, 1.82) is 0 Å². The fourth-order valence-electron chi connectivity index (χ4n) is 4.06. The molecule has 0 unspecified atom stereocenters. The third-order valence-corrected chi connectivity index (χ3v) is 5.77. The van der Waals surface area contributed by atoms with Crippen LogP contribution < -0.4 is 9.64 Å². The topological polar surface area (TPSA) is 53.1 Å². The van der Waals surface area contributed by atoms with Crippen molar-refractivity contribution >= 4 is 17.5 Å². The van der Waals surface area contributed by atoms with Gasteiger partial charge in [-0.2, -0.15) is 0 Å². The van der Waals surface area contributed by atoms with Gasteiger partial charge in [-0.05, 0) is 37.6 Å². The van der Waals surface area contributed by atoms with E-state index in [-0.39, 0.29) is 18.4 Å². The lowest BCUT2D eigenvalue weighted by atomic mass is 9.98. The fourth-order valence-corrected chi connectivity index (χ4v) is 4.06. The molecular weight excluding hydrogens is 366 g/mol. The molecule has 0 saturated carbocycles. The average Bonchev–Trinajstić information content (AvgIpc) is 2.78. The van der Waals surface area contributed by atoms with Crippen LogP contribution in [0, 0.1) is 0 Å². The molecule has 0 aromatic heterocycles. The molecule has 4 rings (SSSR count). The molecule has 0 N–H and O–H groups in total. The van der Waals surface area contributed by atoms with Gasteiger partial charge in [-0.1, -0.05) is 24.3 Å². The molecule has 152 valence electrons. The molecule has 6 nitrogen and oxygen atoms in total. The molecule has 0 atom stereocenters. The van der Waals surface area contributed by atoms with Gasteiger partial charge in [0.25, 0.3) is 11.8 Å². The summed E-state index contributed by atoms with van der Waals surface area (Å²) in [6.45, 7) is 6.40. The maximum absolute atomic E-state index is 12.7. The molecule has 0 bridgehead atoms. The highest BCUT2D eigenvalue weighted by Crippen LogP contribution is 2.28. The van der Waals surface area contributed by atoms with Crippen molar-refractivity contribution in [2.45, 2.75) is 13.3 Å². The van der Waals surface area contributed by atoms with Crippen LogP contribution in [0.15, 0.2) is 48.5 Å². The molecule has 0 radical (unpaired) electrons. The smallest absolute Gasteiger partial charge is 0.260 e. The molecule has 0 aliphatic carbocycles. The van der Waals surface area contributed by atoms with Gasteiger partial charge in [-0.25, -0.2) is 0 Å². The second kappa shape index (κ2) is 8.55. The van der Waals surface area contributed by atoms with E-state index in [0.717, 1.165) is 25.1 Å². The van der Waals surface area contributed by atoms with Crippen LogP contribution in [-0.2, 0) is 11.2 Å². The minimum atomic E-state index is -0.00682. The summed E-state index contributed by atoms with van der Waals surface area (Å²) in [7, 11) is 0. The molecule has 1 fully saturated rings. The normalized spacial score (nSPS) is 16.6. The quantitative estimate of drug-likeness (QED) is 0.783. The summed E-state index contributed by atoms with van der Waals surface area (Å²) in [6, 6.07) is 15.8. The summed E-state index contributed by atoms with van der Waals surface area (Å²) in [5, 5.41) is 0. The SMILES string of the molecule is CCN1CCc2c(OCC(=O)N3CCN(c4ccccc4)CC3)cccc2C1=O. The zero-order valence-corrected chi connectivity index (χ0v) is 16.8. The second-order valence-corrected chi connectivity index (χ2v) is 7.41. The van der Waals surface area contributed by atoms with Gasteiger partial charge in [0, 0.05) is 56.1 Å². The number of likely N-dealkylation sites (N-methyl/N-ethyl adjacent to an activating group) is 1. The highest BCUT2D eigenvalue weighted by atomic mass is 16.5. The van der Waals surface area contributed by atoms with Gasteiger partial charge in [-0.3, -0.25) is 9.59 Å². The first kappa shape index (κ1) is 19.3. The zero-order chi connectivity index (χ0) is 20.2. The van der Waals surface area contributed by atoms with Gasteiger partial charge in [0.2, 0.25) is 0 Å². The Morgan fingerprint density at radius 3 is 2.45 bits per heavy atom. The Bertz CT molecular complexity index is 876. The van der Waals surface area contributed by atoms with Crippen LogP contribution in [-0.4, -0.2) is 67.5 Å². The monoisotopic (exact) mass is 393 g/mol. The van der Waals surface area contributed by atoms with Crippen LogP contribution in [0.5, 0.6) is 5.75 Å². The molecule has 2 aromatic carbocycles. The van der Waals surface area contributed by atoms with E-state index < -0.39 is 0 Å². The number of fused-ring (bicyclic) bond motifs is 1. The summed E-state index contributed by atoms with van der Waals surface area (Å²) in [5.41, 5.74) is 2.81. The number of carbonyl (C=O) groups excluding carboxylic acids is 2. The number of hydrogen-bond acceptors (Lipinski definition) is 4. The minimum absolute atomic E-state index is 0.00682. The number of amides is 2. The van der Waals surface area contributed by atoms with E-state index >= 15 is 0 Å². The molecule has 0 spiro atoms. The number of hydrogen-bond donors (Lipinski definition) is 0. The lowest BCUT2D eigenvalue weighted by Gasteiger charge is -2.36. The second-order valence-electron chi connectivity index (χ2n) is 7.41. The van der Waals surface area contributed by atoms with E-state index in [0.29, 0.717) is 37.5 Å². The first-order chi connectivity index (χ1) is 14.2. The number of piperazine rings is 1. The fraction of sp³-hybridized carbons (Fsp3) is 0.391. The summed E-state index contributed by atoms with van der Waals surface area (Å²) in [4.78, 5) is 31.2. The van der Waals surface area contributed by atoms with Crippen LogP contribution >= 0.6 is 0 Å². The van der Waals surface area contributed by atoms with Gasteiger partial charge in [0.1, 0.15) is 5.75 Å². The first-order valence-electron chi connectivity index (χ1n) is 10.3. The molecule has 2 aromatic rings. The van der Waals surface area contributed by atoms with Crippen molar-refractivity contribution in [3.05, 3.63) is 59.7 Å². The summed E-state index contributed by atoms with van der Waals surface area (Å²) in [6.07, 6.45) is 0.759. The summed E-state index contributed by atoms with van der Waals surface area (Å²) < 4.78 is 5.87. The maximum atomic E-state index is 12.7. The number of ether oxygens (including phenoxy) is 1. The molecule has 2 aliphatic heterocycles. The Balaban J connectivity index is 1.34. The molecule has 1 saturated heterocycles. The molecular formula is C23H27N3O3. The molecule has 6 heteroatoms. The van der Waals surface area contributed by atoms with E-state index in [4.69, 9.17) is 4.74 Å². The molecule has 2 aliphatic rings. The van der Waals surface area contributed by atoms with Crippen molar-refractivity contribution < 1.29 is 14.3 Å². The molecule has 2 heterocycles. The average molecular weight is 393 g/mol. The van der Waals surface area contributed by atoms with Crippen LogP contribution in [0.25, 0.3) is 0 Å². The van der Waals surface area contributed by atoms with Crippen LogP contribution in [0.3, 0.4) is 0 Å². The number of benzene rings is 2. The van der Waals surface area contributed by atoms with Crippen molar-refractivity contribution in [3.8, 4) is 5.75 Å². The van der Waals surface area contributed by atoms with E-state index in [9.17, 15) is 9.59 Å². The number of carbonyl (C=O) groups is 2. The Morgan fingerprint density at radius 2 is 1.72 bits per heavy atom. The van der Waals surface area contributed by atoms with Crippen LogP contribution in [0.1, 0.15) is 22.8 Å². The largest absolute Gasteiger partial charge is 0.483 e. The third-order valence-electron chi connectivity index (χ3n) is 5.77. The van der Waals surface area contributed by atoms with Crippen molar-refractivity contribution in [1.82, 2.24) is 9.80 Å². The Morgan fingerprint density at radius 1 is 0.966 bits per heavy atom. The van der Waals surface area contributed by atoms with E-state index in [1.54, 1.807) is 0 Å².